The van der Waals surface area contributed by atoms with Crippen LogP contribution in [0.15, 0.2) is 42.5 Å². The Morgan fingerprint density at radius 2 is 1.93 bits per heavy atom. The van der Waals surface area contributed by atoms with Gasteiger partial charge in [-0.1, -0.05) is 35.0 Å². The van der Waals surface area contributed by atoms with E-state index in [0.717, 1.165) is 16.6 Å². The molecule has 1 N–H and O–H groups in total. The van der Waals surface area contributed by atoms with Gasteiger partial charge in [0, 0.05) is 12.1 Å². The number of methoxy groups -OCH3 is 1. The lowest BCUT2D eigenvalue weighted by atomic mass is 10.0. The fraction of sp³-hybridized carbons (Fsp3) is 0.300. The molecule has 3 rings (SSSR count). The highest BCUT2D eigenvalue weighted by molar-refractivity contribution is 5.97. The van der Waals surface area contributed by atoms with Gasteiger partial charge in [0.2, 0.25) is 0 Å². The van der Waals surface area contributed by atoms with Gasteiger partial charge in [-0.3, -0.25) is 9.59 Å². The standard InChI is InChI=1S/C20H22N4O3/c1-4-24-18-10-9-15(11-17(18)22-23-24)20(26)21-16(12-19(25)27-3)14-7-5-13(2)6-8-14/h5-11,16H,4,12H2,1-3H3,(H,21,26)/t16-/m0/s1. The van der Waals surface area contributed by atoms with Crippen LogP contribution in [0.2, 0.25) is 0 Å². The van der Waals surface area contributed by atoms with Gasteiger partial charge in [0.05, 0.1) is 25.1 Å². The third-order valence-corrected chi connectivity index (χ3v) is 4.46. The maximum atomic E-state index is 12.8. The summed E-state index contributed by atoms with van der Waals surface area (Å²) in [6, 6.07) is 12.5. The van der Waals surface area contributed by atoms with Crippen molar-refractivity contribution in [2.45, 2.75) is 32.9 Å². The first-order valence-electron chi connectivity index (χ1n) is 8.79. The highest BCUT2D eigenvalue weighted by atomic mass is 16.5. The van der Waals surface area contributed by atoms with Crippen molar-refractivity contribution in [3.63, 3.8) is 0 Å². The minimum Gasteiger partial charge on any atom is -0.469 e. The molecule has 0 aliphatic rings. The van der Waals surface area contributed by atoms with Crippen LogP contribution in [-0.2, 0) is 16.1 Å². The molecule has 0 unspecified atom stereocenters. The van der Waals surface area contributed by atoms with Crippen molar-refractivity contribution in [3.05, 3.63) is 59.2 Å². The molecule has 27 heavy (non-hydrogen) atoms. The van der Waals surface area contributed by atoms with E-state index in [0.29, 0.717) is 17.6 Å². The molecule has 0 saturated carbocycles. The molecule has 7 nitrogen and oxygen atoms in total. The van der Waals surface area contributed by atoms with E-state index < -0.39 is 6.04 Å². The Balaban J connectivity index is 1.84. The molecule has 0 spiro atoms. The Morgan fingerprint density at radius 1 is 1.19 bits per heavy atom. The summed E-state index contributed by atoms with van der Waals surface area (Å²) in [4.78, 5) is 24.6. The largest absolute Gasteiger partial charge is 0.469 e. The fourth-order valence-electron chi connectivity index (χ4n) is 2.89. The maximum Gasteiger partial charge on any atom is 0.307 e. The van der Waals surface area contributed by atoms with E-state index in [2.05, 4.69) is 15.6 Å². The number of aryl methyl sites for hydroxylation is 2. The first-order valence-corrected chi connectivity index (χ1v) is 8.79. The molecule has 1 heterocycles. The summed E-state index contributed by atoms with van der Waals surface area (Å²) in [5.41, 5.74) is 3.94. The molecule has 1 aromatic heterocycles. The molecule has 140 valence electrons. The minimum absolute atomic E-state index is 0.0551. The Kier molecular flexibility index (Phi) is 5.49. The molecular weight excluding hydrogens is 344 g/mol. The molecule has 2 aromatic carbocycles. The number of amides is 1. The van der Waals surface area contributed by atoms with Gasteiger partial charge < -0.3 is 10.1 Å². The van der Waals surface area contributed by atoms with E-state index in [9.17, 15) is 9.59 Å². The number of carbonyl (C=O) groups excluding carboxylic acids is 2. The molecule has 0 bridgehead atoms. The van der Waals surface area contributed by atoms with Crippen LogP contribution in [0.25, 0.3) is 11.0 Å². The zero-order valence-electron chi connectivity index (χ0n) is 15.6. The van der Waals surface area contributed by atoms with Crippen molar-refractivity contribution < 1.29 is 14.3 Å². The van der Waals surface area contributed by atoms with Crippen molar-refractivity contribution in [2.75, 3.05) is 7.11 Å². The summed E-state index contributed by atoms with van der Waals surface area (Å²) in [5.74, 6) is -0.667. The fourth-order valence-corrected chi connectivity index (χ4v) is 2.89. The molecule has 1 atom stereocenters. The lowest BCUT2D eigenvalue weighted by molar-refractivity contribution is -0.141. The summed E-state index contributed by atoms with van der Waals surface area (Å²) in [6.07, 6.45) is 0.0551. The second kappa shape index (κ2) is 7.99. The number of rotatable bonds is 6. The number of carbonyl (C=O) groups is 2. The minimum atomic E-state index is -0.479. The zero-order chi connectivity index (χ0) is 19.4. The molecule has 0 aliphatic carbocycles. The monoisotopic (exact) mass is 366 g/mol. The van der Waals surface area contributed by atoms with E-state index in [4.69, 9.17) is 4.74 Å². The normalized spacial score (nSPS) is 12.0. The first-order chi connectivity index (χ1) is 13.0. The van der Waals surface area contributed by atoms with E-state index in [-0.39, 0.29) is 18.3 Å². The van der Waals surface area contributed by atoms with Gasteiger partial charge in [0.1, 0.15) is 5.52 Å². The Morgan fingerprint density at radius 3 is 2.59 bits per heavy atom. The second-order valence-corrected chi connectivity index (χ2v) is 6.33. The Labute approximate surface area is 157 Å². The second-order valence-electron chi connectivity index (χ2n) is 6.33. The number of nitrogens with zero attached hydrogens (tertiary/aromatic N) is 3. The number of ether oxygens (including phenoxy) is 1. The van der Waals surface area contributed by atoms with Gasteiger partial charge in [-0.2, -0.15) is 0 Å². The van der Waals surface area contributed by atoms with Gasteiger partial charge in [0.15, 0.2) is 0 Å². The Bertz CT molecular complexity index is 963. The predicted octanol–water partition coefficient (Wildman–Crippen LogP) is 2.79. The summed E-state index contributed by atoms with van der Waals surface area (Å²) in [7, 11) is 1.33. The third-order valence-electron chi connectivity index (χ3n) is 4.46. The van der Waals surface area contributed by atoms with E-state index in [1.165, 1.54) is 7.11 Å². The van der Waals surface area contributed by atoms with Gasteiger partial charge in [-0.15, -0.1) is 5.10 Å². The molecule has 0 fully saturated rings. The average Bonchev–Trinajstić information content (AvgIpc) is 3.10. The first kappa shape index (κ1) is 18.6. The van der Waals surface area contributed by atoms with E-state index in [1.807, 2.05) is 44.2 Å². The SMILES string of the molecule is CCn1nnc2cc(C(=O)N[C@@H](CC(=O)OC)c3ccc(C)cc3)ccc21. The van der Waals surface area contributed by atoms with Crippen molar-refractivity contribution >= 4 is 22.9 Å². The van der Waals surface area contributed by atoms with Gasteiger partial charge in [0.25, 0.3) is 5.91 Å². The van der Waals surface area contributed by atoms with Crippen molar-refractivity contribution in [2.24, 2.45) is 0 Å². The summed E-state index contributed by atoms with van der Waals surface area (Å²) in [5, 5.41) is 11.1. The smallest absolute Gasteiger partial charge is 0.307 e. The number of fused-ring (bicyclic) bond motifs is 1. The molecule has 0 saturated heterocycles. The predicted molar refractivity (Wildman–Crippen MR) is 101 cm³/mol. The number of nitrogens with one attached hydrogen (secondary N) is 1. The van der Waals surface area contributed by atoms with Crippen LogP contribution in [0.1, 0.15) is 40.9 Å². The van der Waals surface area contributed by atoms with Crippen LogP contribution >= 0.6 is 0 Å². The Hall–Kier alpha value is -3.22. The molecular formula is C20H22N4O3. The number of benzene rings is 2. The van der Waals surface area contributed by atoms with Crippen molar-refractivity contribution in [1.82, 2.24) is 20.3 Å². The quantitative estimate of drug-likeness (QED) is 0.678. The topological polar surface area (TPSA) is 86.1 Å². The highest BCUT2D eigenvalue weighted by Crippen LogP contribution is 2.20. The molecule has 0 radical (unpaired) electrons. The van der Waals surface area contributed by atoms with Gasteiger partial charge in [-0.25, -0.2) is 4.68 Å². The van der Waals surface area contributed by atoms with Crippen molar-refractivity contribution in [1.29, 1.82) is 0 Å². The van der Waals surface area contributed by atoms with Crippen LogP contribution < -0.4 is 5.32 Å². The van der Waals surface area contributed by atoms with Crippen molar-refractivity contribution in [3.8, 4) is 0 Å². The summed E-state index contributed by atoms with van der Waals surface area (Å²) < 4.78 is 6.54. The van der Waals surface area contributed by atoms with E-state index >= 15 is 0 Å². The van der Waals surface area contributed by atoms with Gasteiger partial charge in [-0.05, 0) is 37.6 Å². The molecule has 7 heteroatoms. The molecule has 3 aromatic rings. The summed E-state index contributed by atoms with van der Waals surface area (Å²) in [6.45, 7) is 4.67. The number of hydrogen-bond donors (Lipinski definition) is 1. The maximum absolute atomic E-state index is 12.8. The summed E-state index contributed by atoms with van der Waals surface area (Å²) >= 11 is 0. The highest BCUT2D eigenvalue weighted by Gasteiger charge is 2.20. The van der Waals surface area contributed by atoms with Crippen LogP contribution in [-0.4, -0.2) is 34.0 Å². The lowest BCUT2D eigenvalue weighted by Crippen LogP contribution is -2.30. The van der Waals surface area contributed by atoms with E-state index in [1.54, 1.807) is 16.8 Å². The number of aromatic nitrogens is 3. The van der Waals surface area contributed by atoms with Crippen LogP contribution in [0.3, 0.4) is 0 Å². The van der Waals surface area contributed by atoms with Crippen LogP contribution in [0.5, 0.6) is 0 Å². The average molecular weight is 366 g/mol. The lowest BCUT2D eigenvalue weighted by Gasteiger charge is -2.18. The number of hydrogen-bond acceptors (Lipinski definition) is 5. The van der Waals surface area contributed by atoms with Gasteiger partial charge >= 0.3 is 5.97 Å². The van der Waals surface area contributed by atoms with Crippen LogP contribution in [0, 0.1) is 6.92 Å². The molecule has 0 aliphatic heterocycles. The van der Waals surface area contributed by atoms with Crippen LogP contribution in [0.4, 0.5) is 0 Å². The third kappa shape index (κ3) is 4.13. The zero-order valence-corrected chi connectivity index (χ0v) is 15.6. The number of esters is 1. The molecule has 1 amide bonds.